The molecule has 0 aromatic heterocycles. The van der Waals surface area contributed by atoms with Crippen molar-refractivity contribution in [2.75, 3.05) is 25.1 Å². The Hall–Kier alpha value is -1.64. The van der Waals surface area contributed by atoms with Gasteiger partial charge in [-0.3, -0.25) is 4.79 Å². The van der Waals surface area contributed by atoms with Gasteiger partial charge in [0.15, 0.2) is 0 Å². The minimum Gasteiger partial charge on any atom is -0.371 e. The van der Waals surface area contributed by atoms with Gasteiger partial charge in [0.2, 0.25) is 5.91 Å². The second-order valence-corrected chi connectivity index (χ2v) is 6.02. The zero-order valence-corrected chi connectivity index (χ0v) is 12.9. The van der Waals surface area contributed by atoms with Crippen molar-refractivity contribution in [1.29, 1.82) is 0 Å². The number of hydrogen-bond donors (Lipinski definition) is 2. The molecular formula is C16H19F3N2O3. The molecule has 2 saturated heterocycles. The summed E-state index contributed by atoms with van der Waals surface area (Å²) < 4.78 is 46.5. The summed E-state index contributed by atoms with van der Waals surface area (Å²) in [5, 5.41) is 5.99. The maximum absolute atomic E-state index is 12.0. The zero-order chi connectivity index (χ0) is 17.2. The normalized spacial score (nSPS) is 25.9. The van der Waals surface area contributed by atoms with Crippen LogP contribution < -0.4 is 10.6 Å². The first-order valence-corrected chi connectivity index (χ1v) is 7.84. The van der Waals surface area contributed by atoms with Crippen molar-refractivity contribution in [2.45, 2.75) is 37.3 Å². The second-order valence-electron chi connectivity index (χ2n) is 6.02. The molecule has 0 spiro atoms. The van der Waals surface area contributed by atoms with E-state index in [1.807, 2.05) is 12.1 Å². The number of fused-ring (bicyclic) bond motifs is 2. The van der Waals surface area contributed by atoms with Crippen LogP contribution in [0.3, 0.4) is 0 Å². The number of morpholine rings is 1. The molecule has 24 heavy (non-hydrogen) atoms. The van der Waals surface area contributed by atoms with Crippen LogP contribution in [0.15, 0.2) is 24.3 Å². The smallest absolute Gasteiger partial charge is 0.371 e. The number of benzene rings is 1. The van der Waals surface area contributed by atoms with Gasteiger partial charge in [-0.15, -0.1) is 0 Å². The lowest BCUT2D eigenvalue weighted by Crippen LogP contribution is -2.33. The first-order chi connectivity index (χ1) is 11.4. The molecule has 3 rings (SSSR count). The summed E-state index contributed by atoms with van der Waals surface area (Å²) in [6.45, 7) is -0.0364. The van der Waals surface area contributed by atoms with Crippen molar-refractivity contribution in [2.24, 2.45) is 0 Å². The fraction of sp³-hybridized carbons (Fsp3) is 0.562. The van der Waals surface area contributed by atoms with Crippen LogP contribution in [-0.2, 0) is 14.3 Å². The van der Waals surface area contributed by atoms with Crippen LogP contribution >= 0.6 is 0 Å². The molecular weight excluding hydrogens is 325 g/mol. The molecule has 2 aliphatic heterocycles. The molecule has 5 nitrogen and oxygen atoms in total. The third kappa shape index (κ3) is 4.46. The van der Waals surface area contributed by atoms with E-state index in [0.29, 0.717) is 11.7 Å². The lowest BCUT2D eigenvalue weighted by Gasteiger charge is -2.23. The summed E-state index contributed by atoms with van der Waals surface area (Å²) in [5.74, 6) is -0.484. The van der Waals surface area contributed by atoms with E-state index in [0.717, 1.165) is 18.5 Å². The zero-order valence-electron chi connectivity index (χ0n) is 12.9. The van der Waals surface area contributed by atoms with Crippen LogP contribution in [0.2, 0.25) is 0 Å². The predicted octanol–water partition coefficient (Wildman–Crippen LogP) is 2.40. The van der Waals surface area contributed by atoms with Gasteiger partial charge < -0.3 is 20.1 Å². The van der Waals surface area contributed by atoms with Crippen molar-refractivity contribution >= 4 is 11.6 Å². The molecule has 1 amide bonds. The molecule has 1 aromatic rings. The fourth-order valence-electron chi connectivity index (χ4n) is 2.99. The van der Waals surface area contributed by atoms with Crippen molar-refractivity contribution in [3.63, 3.8) is 0 Å². The second kappa shape index (κ2) is 7.08. The molecule has 2 fully saturated rings. The Morgan fingerprint density at radius 1 is 1.33 bits per heavy atom. The van der Waals surface area contributed by atoms with Crippen LogP contribution in [0.4, 0.5) is 18.9 Å². The van der Waals surface area contributed by atoms with Gasteiger partial charge >= 0.3 is 6.18 Å². The van der Waals surface area contributed by atoms with Gasteiger partial charge in [0.05, 0.1) is 25.2 Å². The van der Waals surface area contributed by atoms with E-state index in [1.54, 1.807) is 12.1 Å². The molecule has 0 aliphatic carbocycles. The molecule has 0 saturated carbocycles. The predicted molar refractivity (Wildman–Crippen MR) is 80.6 cm³/mol. The molecule has 2 bridgehead atoms. The highest BCUT2D eigenvalue weighted by Gasteiger charge is 2.41. The highest BCUT2D eigenvalue weighted by Crippen LogP contribution is 2.37. The SMILES string of the molecule is O=C(COCCC(F)(F)F)Nc1ccc([C@H]2O[C@@H]3CN[C@H]2C3)cc1. The third-order valence-corrected chi connectivity index (χ3v) is 4.12. The average Bonchev–Trinajstić information content (AvgIpc) is 3.14. The van der Waals surface area contributed by atoms with Crippen molar-refractivity contribution < 1.29 is 27.4 Å². The van der Waals surface area contributed by atoms with E-state index in [9.17, 15) is 18.0 Å². The third-order valence-electron chi connectivity index (χ3n) is 4.12. The van der Waals surface area contributed by atoms with Crippen LogP contribution in [0.1, 0.15) is 24.5 Å². The molecule has 132 valence electrons. The van der Waals surface area contributed by atoms with E-state index in [-0.39, 0.29) is 12.2 Å². The molecule has 0 radical (unpaired) electrons. The molecule has 1 aromatic carbocycles. The van der Waals surface area contributed by atoms with E-state index < -0.39 is 31.7 Å². The first-order valence-electron chi connectivity index (χ1n) is 7.84. The topological polar surface area (TPSA) is 59.6 Å². The molecule has 0 unspecified atom stereocenters. The maximum Gasteiger partial charge on any atom is 0.391 e. The number of carbonyl (C=O) groups is 1. The fourth-order valence-corrected chi connectivity index (χ4v) is 2.99. The molecule has 2 aliphatic rings. The number of carbonyl (C=O) groups excluding carboxylic acids is 1. The van der Waals surface area contributed by atoms with Gasteiger partial charge in [-0.25, -0.2) is 0 Å². The number of ether oxygens (including phenoxy) is 2. The lowest BCUT2D eigenvalue weighted by molar-refractivity contribution is -0.147. The Morgan fingerprint density at radius 3 is 2.67 bits per heavy atom. The van der Waals surface area contributed by atoms with Crippen molar-refractivity contribution in [3.05, 3.63) is 29.8 Å². The first kappa shape index (κ1) is 17.2. The molecule has 3 atom stereocenters. The Bertz CT molecular complexity index is 577. The van der Waals surface area contributed by atoms with E-state index in [1.165, 1.54) is 0 Å². The number of amides is 1. The van der Waals surface area contributed by atoms with Crippen molar-refractivity contribution in [3.8, 4) is 0 Å². The molecule has 8 heteroatoms. The van der Waals surface area contributed by atoms with Gasteiger partial charge in [0.25, 0.3) is 0 Å². The summed E-state index contributed by atoms with van der Waals surface area (Å²) in [5.41, 5.74) is 1.61. The minimum absolute atomic E-state index is 0.0270. The molecule has 2 heterocycles. The van der Waals surface area contributed by atoms with E-state index >= 15 is 0 Å². The van der Waals surface area contributed by atoms with E-state index in [4.69, 9.17) is 9.47 Å². The average molecular weight is 344 g/mol. The minimum atomic E-state index is -4.27. The monoisotopic (exact) mass is 344 g/mol. The Labute approximate surface area is 137 Å². The van der Waals surface area contributed by atoms with E-state index in [2.05, 4.69) is 10.6 Å². The number of hydrogen-bond acceptors (Lipinski definition) is 4. The number of anilines is 1. The summed E-state index contributed by atoms with van der Waals surface area (Å²) in [7, 11) is 0. The number of nitrogens with one attached hydrogen (secondary N) is 2. The summed E-state index contributed by atoms with van der Waals surface area (Å²) >= 11 is 0. The van der Waals surface area contributed by atoms with Gasteiger partial charge in [-0.1, -0.05) is 12.1 Å². The summed E-state index contributed by atoms with van der Waals surface area (Å²) in [4.78, 5) is 11.6. The Balaban J connectivity index is 1.43. The standard InChI is InChI=1S/C16H19F3N2O3/c17-16(18,19)5-6-23-9-14(22)21-11-3-1-10(2-4-11)15-13-7-12(24-15)8-20-13/h1-4,12-13,15,20H,5-9H2,(H,21,22)/t12-,13-,15+/m0/s1. The van der Waals surface area contributed by atoms with Crippen LogP contribution in [0.5, 0.6) is 0 Å². The highest BCUT2D eigenvalue weighted by molar-refractivity contribution is 5.91. The molecule has 2 N–H and O–H groups in total. The summed E-state index contributed by atoms with van der Waals surface area (Å²) in [6.07, 6.45) is -4.03. The van der Waals surface area contributed by atoms with Crippen molar-refractivity contribution in [1.82, 2.24) is 5.32 Å². The maximum atomic E-state index is 12.0. The van der Waals surface area contributed by atoms with Crippen LogP contribution in [0, 0.1) is 0 Å². The Kier molecular flexibility index (Phi) is 5.07. The highest BCUT2D eigenvalue weighted by atomic mass is 19.4. The van der Waals surface area contributed by atoms with Gasteiger partial charge in [-0.05, 0) is 24.1 Å². The summed E-state index contributed by atoms with van der Waals surface area (Å²) in [6, 6.07) is 7.59. The van der Waals surface area contributed by atoms with Crippen LogP contribution in [0.25, 0.3) is 0 Å². The largest absolute Gasteiger partial charge is 0.391 e. The van der Waals surface area contributed by atoms with Gasteiger partial charge in [0.1, 0.15) is 6.61 Å². The number of alkyl halides is 3. The van der Waals surface area contributed by atoms with Crippen LogP contribution in [-0.4, -0.2) is 44.0 Å². The number of halogens is 3. The lowest BCUT2D eigenvalue weighted by atomic mass is 10.0. The quantitative estimate of drug-likeness (QED) is 0.778. The number of rotatable bonds is 6. The van der Waals surface area contributed by atoms with Gasteiger partial charge in [0, 0.05) is 18.3 Å². The van der Waals surface area contributed by atoms with Gasteiger partial charge in [-0.2, -0.15) is 13.2 Å². The Morgan fingerprint density at radius 2 is 2.08 bits per heavy atom.